The fourth-order valence-corrected chi connectivity index (χ4v) is 3.59. The smallest absolute Gasteiger partial charge is 0.241 e. The molecule has 2 N–H and O–H groups in total. The van der Waals surface area contributed by atoms with E-state index in [4.69, 9.17) is 4.74 Å². The number of nitrogens with zero attached hydrogens (tertiary/aromatic N) is 1. The minimum atomic E-state index is -1.09. The van der Waals surface area contributed by atoms with E-state index in [1.807, 2.05) is 51.1 Å². The standard InChI is InChI=1S/C25H32N2O3/c1-18-7-5-8-20(17-18)11-10-19-12-14-21(15-13-19)26-23(28)22-9-6-16-27(22)24(29)30-25(2,3)4/h5,7-8,10-15,17,22,24,29H,6,9,16H2,1-4H3,(H,26,28)/b11-10+/t22-,24?/m1/s1. The highest BCUT2D eigenvalue weighted by Crippen LogP contribution is 2.24. The van der Waals surface area contributed by atoms with Crippen molar-refractivity contribution in [1.29, 1.82) is 0 Å². The summed E-state index contributed by atoms with van der Waals surface area (Å²) in [4.78, 5) is 14.5. The normalized spacial score (nSPS) is 18.6. The molecule has 0 aliphatic carbocycles. The summed E-state index contributed by atoms with van der Waals surface area (Å²) in [7, 11) is 0. The van der Waals surface area contributed by atoms with Crippen molar-refractivity contribution in [2.24, 2.45) is 0 Å². The Bertz CT molecular complexity index is 884. The molecule has 5 nitrogen and oxygen atoms in total. The number of benzene rings is 2. The second-order valence-corrected chi connectivity index (χ2v) is 8.81. The third kappa shape index (κ3) is 6.26. The largest absolute Gasteiger partial charge is 0.356 e. The number of aliphatic hydroxyl groups excluding tert-OH is 1. The SMILES string of the molecule is Cc1cccc(/C=C/c2ccc(NC(=O)[C@H]3CCCN3C(O)OC(C)(C)C)cc2)c1. The maximum Gasteiger partial charge on any atom is 0.241 e. The number of aliphatic hydroxyl groups is 1. The van der Waals surface area contributed by atoms with Gasteiger partial charge in [-0.2, -0.15) is 0 Å². The summed E-state index contributed by atoms with van der Waals surface area (Å²) >= 11 is 0. The van der Waals surface area contributed by atoms with Crippen molar-refractivity contribution < 1.29 is 14.6 Å². The van der Waals surface area contributed by atoms with Gasteiger partial charge in [-0.15, -0.1) is 0 Å². The Hall–Kier alpha value is -2.47. The first kappa shape index (κ1) is 22.2. The number of anilines is 1. The predicted octanol–water partition coefficient (Wildman–Crippen LogP) is 4.66. The minimum Gasteiger partial charge on any atom is -0.356 e. The van der Waals surface area contributed by atoms with E-state index in [-0.39, 0.29) is 5.91 Å². The second-order valence-electron chi connectivity index (χ2n) is 8.81. The van der Waals surface area contributed by atoms with E-state index < -0.39 is 18.1 Å². The quantitative estimate of drug-likeness (QED) is 0.539. The van der Waals surface area contributed by atoms with Crippen molar-refractivity contribution in [2.75, 3.05) is 11.9 Å². The molecule has 3 rings (SSSR count). The van der Waals surface area contributed by atoms with Gasteiger partial charge in [-0.05, 0) is 63.8 Å². The molecule has 2 atom stereocenters. The Morgan fingerprint density at radius 2 is 1.87 bits per heavy atom. The molecule has 0 saturated carbocycles. The van der Waals surface area contributed by atoms with Crippen molar-refractivity contribution in [3.63, 3.8) is 0 Å². The zero-order valence-corrected chi connectivity index (χ0v) is 18.3. The first-order chi connectivity index (χ1) is 14.2. The molecule has 160 valence electrons. The molecular weight excluding hydrogens is 376 g/mol. The van der Waals surface area contributed by atoms with Crippen LogP contribution in [0.15, 0.2) is 48.5 Å². The number of carbonyl (C=O) groups is 1. The average Bonchev–Trinajstić information content (AvgIpc) is 3.16. The van der Waals surface area contributed by atoms with Crippen LogP contribution >= 0.6 is 0 Å². The topological polar surface area (TPSA) is 61.8 Å². The first-order valence-corrected chi connectivity index (χ1v) is 10.5. The van der Waals surface area contributed by atoms with Crippen molar-refractivity contribution in [1.82, 2.24) is 4.90 Å². The van der Waals surface area contributed by atoms with Crippen LogP contribution < -0.4 is 5.32 Å². The summed E-state index contributed by atoms with van der Waals surface area (Å²) in [6, 6.07) is 15.7. The van der Waals surface area contributed by atoms with Crippen LogP contribution in [0, 0.1) is 6.92 Å². The number of amides is 1. The third-order valence-corrected chi connectivity index (χ3v) is 5.03. The summed E-state index contributed by atoms with van der Waals surface area (Å²) in [5, 5.41) is 13.4. The van der Waals surface area contributed by atoms with Crippen LogP contribution in [0.25, 0.3) is 12.2 Å². The zero-order valence-electron chi connectivity index (χ0n) is 18.3. The number of rotatable bonds is 6. The number of ether oxygens (including phenoxy) is 1. The molecule has 1 fully saturated rings. The lowest BCUT2D eigenvalue weighted by atomic mass is 10.1. The van der Waals surface area contributed by atoms with Crippen molar-refractivity contribution >= 4 is 23.7 Å². The van der Waals surface area contributed by atoms with Crippen LogP contribution in [-0.4, -0.2) is 40.5 Å². The van der Waals surface area contributed by atoms with Crippen LogP contribution in [0.1, 0.15) is 50.3 Å². The number of aryl methyl sites for hydroxylation is 1. The van der Waals surface area contributed by atoms with E-state index >= 15 is 0 Å². The van der Waals surface area contributed by atoms with E-state index in [1.54, 1.807) is 4.90 Å². The van der Waals surface area contributed by atoms with Gasteiger partial charge in [0.05, 0.1) is 11.6 Å². The Morgan fingerprint density at radius 3 is 2.53 bits per heavy atom. The van der Waals surface area contributed by atoms with Crippen molar-refractivity contribution in [3.05, 3.63) is 65.2 Å². The molecule has 0 aromatic heterocycles. The van der Waals surface area contributed by atoms with Gasteiger partial charge >= 0.3 is 0 Å². The Balaban J connectivity index is 1.60. The van der Waals surface area contributed by atoms with Crippen LogP contribution in [0.2, 0.25) is 0 Å². The van der Waals surface area contributed by atoms with Gasteiger partial charge in [-0.1, -0.05) is 54.1 Å². The molecule has 30 heavy (non-hydrogen) atoms. The van der Waals surface area contributed by atoms with Crippen LogP contribution in [0.4, 0.5) is 5.69 Å². The predicted molar refractivity (Wildman–Crippen MR) is 122 cm³/mol. The summed E-state index contributed by atoms with van der Waals surface area (Å²) in [5.74, 6) is -0.118. The van der Waals surface area contributed by atoms with Gasteiger partial charge in [-0.25, -0.2) is 4.90 Å². The van der Waals surface area contributed by atoms with Gasteiger partial charge < -0.3 is 15.2 Å². The molecule has 1 amide bonds. The highest BCUT2D eigenvalue weighted by atomic mass is 16.6. The lowest BCUT2D eigenvalue weighted by Gasteiger charge is -2.32. The van der Waals surface area contributed by atoms with Gasteiger partial charge in [0, 0.05) is 12.2 Å². The van der Waals surface area contributed by atoms with Gasteiger partial charge in [0.2, 0.25) is 12.3 Å². The molecule has 2 aromatic rings. The van der Waals surface area contributed by atoms with Crippen molar-refractivity contribution in [2.45, 2.75) is 58.6 Å². The zero-order chi connectivity index (χ0) is 21.7. The van der Waals surface area contributed by atoms with E-state index in [9.17, 15) is 9.90 Å². The molecular formula is C25H32N2O3. The molecule has 0 spiro atoms. The third-order valence-electron chi connectivity index (χ3n) is 5.03. The highest BCUT2D eigenvalue weighted by molar-refractivity contribution is 5.95. The number of hydrogen-bond acceptors (Lipinski definition) is 4. The summed E-state index contributed by atoms with van der Waals surface area (Å²) < 4.78 is 5.63. The molecule has 0 radical (unpaired) electrons. The molecule has 1 unspecified atom stereocenters. The van der Waals surface area contributed by atoms with E-state index in [0.717, 1.165) is 23.2 Å². The van der Waals surface area contributed by atoms with E-state index in [2.05, 4.69) is 42.6 Å². The summed E-state index contributed by atoms with van der Waals surface area (Å²) in [5.41, 5.74) is 3.71. The fraction of sp³-hybridized carbons (Fsp3) is 0.400. The first-order valence-electron chi connectivity index (χ1n) is 10.5. The number of carbonyl (C=O) groups excluding carboxylic acids is 1. The second kappa shape index (κ2) is 9.56. The maximum atomic E-state index is 12.8. The van der Waals surface area contributed by atoms with Gasteiger partial charge in [0.15, 0.2) is 0 Å². The minimum absolute atomic E-state index is 0.118. The number of hydrogen-bond donors (Lipinski definition) is 2. The van der Waals surface area contributed by atoms with Crippen molar-refractivity contribution in [3.8, 4) is 0 Å². The molecule has 5 heteroatoms. The Morgan fingerprint density at radius 1 is 1.17 bits per heavy atom. The monoisotopic (exact) mass is 408 g/mol. The maximum absolute atomic E-state index is 12.8. The van der Waals surface area contributed by atoms with Gasteiger partial charge in [-0.3, -0.25) is 4.79 Å². The molecule has 2 aromatic carbocycles. The molecule has 1 aliphatic rings. The van der Waals surface area contributed by atoms with Crippen LogP contribution in [-0.2, 0) is 9.53 Å². The Kier molecular flexibility index (Phi) is 7.08. The Labute approximate surface area is 179 Å². The summed E-state index contributed by atoms with van der Waals surface area (Å²) in [6.45, 7) is 8.37. The number of nitrogens with one attached hydrogen (secondary N) is 1. The van der Waals surface area contributed by atoms with Crippen LogP contribution in [0.5, 0.6) is 0 Å². The van der Waals surface area contributed by atoms with Crippen LogP contribution in [0.3, 0.4) is 0 Å². The molecule has 0 bridgehead atoms. The van der Waals surface area contributed by atoms with E-state index in [1.165, 1.54) is 5.56 Å². The lowest BCUT2D eigenvalue weighted by Crippen LogP contribution is -2.48. The lowest BCUT2D eigenvalue weighted by molar-refractivity contribution is -0.240. The molecule has 1 saturated heterocycles. The van der Waals surface area contributed by atoms with E-state index in [0.29, 0.717) is 13.0 Å². The fourth-order valence-electron chi connectivity index (χ4n) is 3.59. The number of likely N-dealkylation sites (tertiary alicyclic amines) is 1. The average molecular weight is 409 g/mol. The molecule has 1 aliphatic heterocycles. The van der Waals surface area contributed by atoms with Gasteiger partial charge in [0.25, 0.3) is 0 Å². The highest BCUT2D eigenvalue weighted by Gasteiger charge is 2.36. The van der Waals surface area contributed by atoms with Gasteiger partial charge in [0.1, 0.15) is 0 Å². The molecule has 1 heterocycles. The summed E-state index contributed by atoms with van der Waals surface area (Å²) in [6.07, 6.45) is 4.60.